The zero-order chi connectivity index (χ0) is 15.6. The van der Waals surface area contributed by atoms with Crippen LogP contribution in [0.1, 0.15) is 28.9 Å². The van der Waals surface area contributed by atoms with E-state index in [1.54, 1.807) is 25.1 Å². The van der Waals surface area contributed by atoms with Gasteiger partial charge in [-0.25, -0.2) is 8.78 Å². The third kappa shape index (κ3) is 3.91. The summed E-state index contributed by atoms with van der Waals surface area (Å²) in [4.78, 5) is 12.2. The Balaban J connectivity index is 2.18. The van der Waals surface area contributed by atoms with Gasteiger partial charge in [-0.2, -0.15) is 0 Å². The van der Waals surface area contributed by atoms with Crippen molar-refractivity contribution in [3.63, 3.8) is 0 Å². The predicted molar refractivity (Wildman–Crippen MR) is 86.4 cm³/mol. The fourth-order valence-electron chi connectivity index (χ4n) is 1.88. The molecule has 0 aliphatic rings. The normalized spacial score (nSPS) is 12.0. The van der Waals surface area contributed by atoms with E-state index in [2.05, 4.69) is 5.32 Å². The molecular formula is C15H11ClF2INO. The summed E-state index contributed by atoms with van der Waals surface area (Å²) >= 11 is 7.84. The van der Waals surface area contributed by atoms with Gasteiger partial charge in [-0.05, 0) is 53.8 Å². The molecule has 21 heavy (non-hydrogen) atoms. The molecule has 1 atom stereocenters. The average molecular weight is 422 g/mol. The number of carbonyl (C=O) groups is 1. The van der Waals surface area contributed by atoms with E-state index in [0.717, 1.165) is 12.1 Å². The lowest BCUT2D eigenvalue weighted by Gasteiger charge is -2.16. The largest absolute Gasteiger partial charge is 0.345 e. The van der Waals surface area contributed by atoms with Crippen LogP contribution in [0.15, 0.2) is 36.4 Å². The molecule has 6 heteroatoms. The first kappa shape index (κ1) is 16.2. The van der Waals surface area contributed by atoms with Crippen molar-refractivity contribution in [3.8, 4) is 0 Å². The Morgan fingerprint density at radius 3 is 2.57 bits per heavy atom. The number of halogens is 4. The van der Waals surface area contributed by atoms with Crippen molar-refractivity contribution in [2.75, 3.05) is 0 Å². The van der Waals surface area contributed by atoms with Crippen LogP contribution in [0.4, 0.5) is 8.78 Å². The third-order valence-corrected chi connectivity index (χ3v) is 4.08. The van der Waals surface area contributed by atoms with Crippen LogP contribution < -0.4 is 5.32 Å². The van der Waals surface area contributed by atoms with Gasteiger partial charge in [-0.15, -0.1) is 0 Å². The summed E-state index contributed by atoms with van der Waals surface area (Å²) in [6.07, 6.45) is 0. The molecule has 0 bridgehead atoms. The SMILES string of the molecule is CC(NC(=O)c1ccc(Cl)cc1I)c1ccc(F)cc1F. The maximum atomic E-state index is 13.7. The minimum atomic E-state index is -0.686. The smallest absolute Gasteiger partial charge is 0.252 e. The molecule has 0 radical (unpaired) electrons. The molecule has 0 spiro atoms. The number of amides is 1. The molecular weight excluding hydrogens is 411 g/mol. The minimum Gasteiger partial charge on any atom is -0.345 e. The van der Waals surface area contributed by atoms with Crippen molar-refractivity contribution >= 4 is 40.1 Å². The number of benzene rings is 2. The van der Waals surface area contributed by atoms with E-state index in [1.165, 1.54) is 6.07 Å². The van der Waals surface area contributed by atoms with Gasteiger partial charge >= 0.3 is 0 Å². The third-order valence-electron chi connectivity index (χ3n) is 2.95. The Hall–Kier alpha value is -1.21. The molecule has 0 heterocycles. The molecule has 0 aliphatic carbocycles. The maximum Gasteiger partial charge on any atom is 0.252 e. The Kier molecular flexibility index (Phi) is 5.16. The number of hydrogen-bond donors (Lipinski definition) is 1. The molecule has 0 saturated carbocycles. The lowest BCUT2D eigenvalue weighted by Crippen LogP contribution is -2.27. The van der Waals surface area contributed by atoms with Gasteiger partial charge < -0.3 is 5.32 Å². The molecule has 2 aromatic carbocycles. The molecule has 1 N–H and O–H groups in total. The Labute approximate surface area is 139 Å². The Bertz CT molecular complexity index is 693. The van der Waals surface area contributed by atoms with E-state index in [4.69, 9.17) is 11.6 Å². The highest BCUT2D eigenvalue weighted by Crippen LogP contribution is 2.21. The molecule has 1 unspecified atom stereocenters. The van der Waals surface area contributed by atoms with Crippen molar-refractivity contribution < 1.29 is 13.6 Å². The van der Waals surface area contributed by atoms with E-state index in [9.17, 15) is 13.6 Å². The van der Waals surface area contributed by atoms with E-state index < -0.39 is 17.7 Å². The van der Waals surface area contributed by atoms with Crippen molar-refractivity contribution in [2.24, 2.45) is 0 Å². The van der Waals surface area contributed by atoms with Gasteiger partial charge in [0.25, 0.3) is 5.91 Å². The second kappa shape index (κ2) is 6.70. The first-order valence-electron chi connectivity index (χ1n) is 6.09. The van der Waals surface area contributed by atoms with Crippen LogP contribution in [0.2, 0.25) is 5.02 Å². The molecule has 0 aliphatic heterocycles. The highest BCUT2D eigenvalue weighted by molar-refractivity contribution is 14.1. The number of carbonyl (C=O) groups excluding carboxylic acids is 1. The van der Waals surface area contributed by atoms with Gasteiger partial charge in [0.1, 0.15) is 11.6 Å². The zero-order valence-electron chi connectivity index (χ0n) is 11.0. The first-order valence-corrected chi connectivity index (χ1v) is 7.55. The van der Waals surface area contributed by atoms with Crippen molar-refractivity contribution in [1.29, 1.82) is 0 Å². The van der Waals surface area contributed by atoms with E-state index >= 15 is 0 Å². The van der Waals surface area contributed by atoms with Gasteiger partial charge in [-0.1, -0.05) is 17.7 Å². The molecule has 0 fully saturated rings. The highest BCUT2D eigenvalue weighted by atomic mass is 127. The quantitative estimate of drug-likeness (QED) is 0.714. The van der Waals surface area contributed by atoms with Crippen LogP contribution in [0.25, 0.3) is 0 Å². The van der Waals surface area contributed by atoms with Gasteiger partial charge in [0.2, 0.25) is 0 Å². The van der Waals surface area contributed by atoms with Crippen LogP contribution in [0.3, 0.4) is 0 Å². The highest BCUT2D eigenvalue weighted by Gasteiger charge is 2.17. The van der Waals surface area contributed by atoms with Crippen LogP contribution in [-0.4, -0.2) is 5.91 Å². The molecule has 2 aromatic rings. The molecule has 2 nitrogen and oxygen atoms in total. The van der Waals surface area contributed by atoms with Gasteiger partial charge in [-0.3, -0.25) is 4.79 Å². The zero-order valence-corrected chi connectivity index (χ0v) is 13.9. The fraction of sp³-hybridized carbons (Fsp3) is 0.133. The minimum absolute atomic E-state index is 0.230. The second-order valence-corrected chi connectivity index (χ2v) is 6.08. The molecule has 0 aromatic heterocycles. The molecule has 110 valence electrons. The summed E-state index contributed by atoms with van der Waals surface area (Å²) < 4.78 is 27.3. The summed E-state index contributed by atoms with van der Waals surface area (Å²) in [5.74, 6) is -1.68. The van der Waals surface area contributed by atoms with E-state index in [-0.39, 0.29) is 11.5 Å². The monoisotopic (exact) mass is 421 g/mol. The van der Waals surface area contributed by atoms with Crippen LogP contribution >= 0.6 is 34.2 Å². The summed E-state index contributed by atoms with van der Waals surface area (Å²) in [6, 6.07) is 7.58. The van der Waals surface area contributed by atoms with Crippen molar-refractivity contribution in [2.45, 2.75) is 13.0 Å². The summed E-state index contributed by atoms with van der Waals surface area (Å²) in [6.45, 7) is 1.64. The lowest BCUT2D eigenvalue weighted by molar-refractivity contribution is 0.0938. The Morgan fingerprint density at radius 1 is 1.24 bits per heavy atom. The standard InChI is InChI=1S/C15H11ClF2INO/c1-8(11-5-3-10(17)7-13(11)18)20-15(21)12-4-2-9(16)6-14(12)19/h2-8H,1H3,(H,20,21). The fourth-order valence-corrected chi connectivity index (χ4v) is 2.99. The molecule has 0 saturated heterocycles. The second-order valence-electron chi connectivity index (χ2n) is 4.49. The molecule has 2 rings (SSSR count). The lowest BCUT2D eigenvalue weighted by atomic mass is 10.1. The van der Waals surface area contributed by atoms with Gasteiger partial charge in [0.05, 0.1) is 11.6 Å². The van der Waals surface area contributed by atoms with Crippen LogP contribution in [0, 0.1) is 15.2 Å². The maximum absolute atomic E-state index is 13.7. The summed E-state index contributed by atoms with van der Waals surface area (Å²) in [5.41, 5.74) is 0.683. The van der Waals surface area contributed by atoms with Crippen LogP contribution in [-0.2, 0) is 0 Å². The van der Waals surface area contributed by atoms with E-state index in [1.807, 2.05) is 22.6 Å². The molecule has 1 amide bonds. The van der Waals surface area contributed by atoms with Crippen LogP contribution in [0.5, 0.6) is 0 Å². The summed E-state index contributed by atoms with van der Waals surface area (Å²) in [5, 5.41) is 3.22. The van der Waals surface area contributed by atoms with Crippen molar-refractivity contribution in [1.82, 2.24) is 5.32 Å². The van der Waals surface area contributed by atoms with E-state index in [0.29, 0.717) is 14.2 Å². The first-order chi connectivity index (χ1) is 9.88. The number of rotatable bonds is 3. The number of hydrogen-bond acceptors (Lipinski definition) is 1. The Morgan fingerprint density at radius 2 is 1.95 bits per heavy atom. The number of nitrogens with one attached hydrogen (secondary N) is 1. The van der Waals surface area contributed by atoms with Gasteiger partial charge in [0.15, 0.2) is 0 Å². The predicted octanol–water partition coefficient (Wildman–Crippen LogP) is 4.71. The van der Waals surface area contributed by atoms with Gasteiger partial charge in [0, 0.05) is 20.2 Å². The average Bonchev–Trinajstić information content (AvgIpc) is 2.37. The van der Waals surface area contributed by atoms with Crippen molar-refractivity contribution in [3.05, 3.63) is 67.8 Å². The topological polar surface area (TPSA) is 29.1 Å². The summed E-state index contributed by atoms with van der Waals surface area (Å²) in [7, 11) is 0.